The SMILES string of the molecule is CCC1CCC(Oc2ccc(CBr)cc2)CC1. The van der Waals surface area contributed by atoms with Crippen LogP contribution >= 0.6 is 15.9 Å². The van der Waals surface area contributed by atoms with E-state index in [0.717, 1.165) is 17.0 Å². The van der Waals surface area contributed by atoms with E-state index in [1.807, 2.05) is 0 Å². The summed E-state index contributed by atoms with van der Waals surface area (Å²) in [5.41, 5.74) is 1.30. The van der Waals surface area contributed by atoms with Gasteiger partial charge < -0.3 is 4.74 Å². The van der Waals surface area contributed by atoms with Gasteiger partial charge in [-0.15, -0.1) is 0 Å². The van der Waals surface area contributed by atoms with E-state index in [0.29, 0.717) is 6.10 Å². The van der Waals surface area contributed by atoms with Crippen LogP contribution in [0.15, 0.2) is 24.3 Å². The van der Waals surface area contributed by atoms with Crippen LogP contribution < -0.4 is 4.74 Å². The van der Waals surface area contributed by atoms with Crippen LogP contribution in [0.5, 0.6) is 5.75 Å². The average molecular weight is 297 g/mol. The van der Waals surface area contributed by atoms with Crippen molar-refractivity contribution in [3.05, 3.63) is 29.8 Å². The van der Waals surface area contributed by atoms with Crippen LogP contribution in [-0.4, -0.2) is 6.10 Å². The summed E-state index contributed by atoms with van der Waals surface area (Å²) in [5, 5.41) is 0.912. The molecule has 1 aromatic rings. The molecule has 0 atom stereocenters. The number of halogens is 1. The van der Waals surface area contributed by atoms with Gasteiger partial charge in [-0.2, -0.15) is 0 Å². The molecule has 1 aliphatic carbocycles. The maximum Gasteiger partial charge on any atom is 0.119 e. The van der Waals surface area contributed by atoms with Gasteiger partial charge in [0.25, 0.3) is 0 Å². The Labute approximate surface area is 113 Å². The second-order valence-corrected chi connectivity index (χ2v) is 5.51. The Morgan fingerprint density at radius 2 is 1.76 bits per heavy atom. The van der Waals surface area contributed by atoms with E-state index in [1.165, 1.54) is 37.7 Å². The van der Waals surface area contributed by atoms with Crippen LogP contribution in [-0.2, 0) is 5.33 Å². The molecule has 0 bridgehead atoms. The highest BCUT2D eigenvalue weighted by atomic mass is 79.9. The zero-order chi connectivity index (χ0) is 12.1. The molecule has 1 aromatic carbocycles. The fourth-order valence-corrected chi connectivity index (χ4v) is 2.88. The van der Waals surface area contributed by atoms with Crippen molar-refractivity contribution >= 4 is 15.9 Å². The molecule has 1 aliphatic rings. The third-order valence-electron chi connectivity index (χ3n) is 3.75. The Kier molecular flexibility index (Phi) is 4.90. The molecular weight excluding hydrogens is 276 g/mol. The molecule has 2 rings (SSSR count). The van der Waals surface area contributed by atoms with Crippen LogP contribution in [0.2, 0.25) is 0 Å². The molecule has 94 valence electrons. The van der Waals surface area contributed by atoms with Gasteiger partial charge in [-0.25, -0.2) is 0 Å². The highest BCUT2D eigenvalue weighted by molar-refractivity contribution is 9.08. The second kappa shape index (κ2) is 6.44. The number of benzene rings is 1. The van der Waals surface area contributed by atoms with E-state index in [2.05, 4.69) is 47.1 Å². The monoisotopic (exact) mass is 296 g/mol. The smallest absolute Gasteiger partial charge is 0.119 e. The van der Waals surface area contributed by atoms with E-state index < -0.39 is 0 Å². The molecule has 0 aromatic heterocycles. The van der Waals surface area contributed by atoms with E-state index >= 15 is 0 Å². The van der Waals surface area contributed by atoms with Gasteiger partial charge in [0.05, 0.1) is 6.10 Å². The maximum absolute atomic E-state index is 6.03. The summed E-state index contributed by atoms with van der Waals surface area (Å²) in [7, 11) is 0. The minimum atomic E-state index is 0.438. The highest BCUT2D eigenvalue weighted by Gasteiger charge is 2.20. The van der Waals surface area contributed by atoms with Gasteiger partial charge >= 0.3 is 0 Å². The van der Waals surface area contributed by atoms with E-state index in [9.17, 15) is 0 Å². The number of hydrogen-bond acceptors (Lipinski definition) is 1. The highest BCUT2D eigenvalue weighted by Crippen LogP contribution is 2.29. The first-order valence-electron chi connectivity index (χ1n) is 6.63. The maximum atomic E-state index is 6.03. The molecule has 1 nitrogen and oxygen atoms in total. The Balaban J connectivity index is 1.84. The van der Waals surface area contributed by atoms with Crippen LogP contribution in [0.1, 0.15) is 44.6 Å². The van der Waals surface area contributed by atoms with Crippen LogP contribution in [0.25, 0.3) is 0 Å². The lowest BCUT2D eigenvalue weighted by Gasteiger charge is -2.28. The van der Waals surface area contributed by atoms with Crippen LogP contribution in [0.3, 0.4) is 0 Å². The van der Waals surface area contributed by atoms with Crippen LogP contribution in [0, 0.1) is 5.92 Å². The summed E-state index contributed by atoms with van der Waals surface area (Å²) in [6.45, 7) is 2.30. The van der Waals surface area contributed by atoms with E-state index in [-0.39, 0.29) is 0 Å². The van der Waals surface area contributed by atoms with Crippen molar-refractivity contribution in [3.63, 3.8) is 0 Å². The van der Waals surface area contributed by atoms with Gasteiger partial charge in [-0.1, -0.05) is 41.4 Å². The molecule has 0 unspecified atom stereocenters. The number of alkyl halides is 1. The molecule has 0 heterocycles. The normalized spacial score (nSPS) is 24.6. The molecule has 0 aliphatic heterocycles. The fraction of sp³-hybridized carbons (Fsp3) is 0.600. The molecule has 0 saturated heterocycles. The quantitative estimate of drug-likeness (QED) is 0.716. The molecule has 2 heteroatoms. The molecule has 0 radical (unpaired) electrons. The predicted octanol–water partition coefficient (Wildman–Crippen LogP) is 4.93. The zero-order valence-electron chi connectivity index (χ0n) is 10.5. The summed E-state index contributed by atoms with van der Waals surface area (Å²) in [4.78, 5) is 0. The van der Waals surface area contributed by atoms with Crippen molar-refractivity contribution in [1.82, 2.24) is 0 Å². The van der Waals surface area contributed by atoms with Gasteiger partial charge in [0, 0.05) is 5.33 Å². The van der Waals surface area contributed by atoms with E-state index in [1.54, 1.807) is 0 Å². The first-order valence-corrected chi connectivity index (χ1v) is 7.75. The Morgan fingerprint density at radius 1 is 1.12 bits per heavy atom. The molecule has 1 saturated carbocycles. The summed E-state index contributed by atoms with van der Waals surface area (Å²) >= 11 is 3.45. The lowest BCUT2D eigenvalue weighted by atomic mass is 9.86. The summed E-state index contributed by atoms with van der Waals surface area (Å²) in [5.74, 6) is 1.96. The summed E-state index contributed by atoms with van der Waals surface area (Å²) in [6, 6.07) is 8.43. The lowest BCUT2D eigenvalue weighted by Crippen LogP contribution is -2.23. The van der Waals surface area contributed by atoms with Crippen molar-refractivity contribution in [1.29, 1.82) is 0 Å². The van der Waals surface area contributed by atoms with Gasteiger partial charge in [-0.05, 0) is 49.3 Å². The first-order chi connectivity index (χ1) is 8.31. The lowest BCUT2D eigenvalue weighted by molar-refractivity contribution is 0.130. The van der Waals surface area contributed by atoms with E-state index in [4.69, 9.17) is 4.74 Å². The number of ether oxygens (including phenoxy) is 1. The zero-order valence-corrected chi connectivity index (χ0v) is 12.1. The number of hydrogen-bond donors (Lipinski definition) is 0. The molecule has 17 heavy (non-hydrogen) atoms. The molecular formula is C15H21BrO. The fourth-order valence-electron chi connectivity index (χ4n) is 2.51. The largest absolute Gasteiger partial charge is 0.490 e. The predicted molar refractivity (Wildman–Crippen MR) is 75.7 cm³/mol. The van der Waals surface area contributed by atoms with Gasteiger partial charge in [-0.3, -0.25) is 0 Å². The van der Waals surface area contributed by atoms with Crippen LogP contribution in [0.4, 0.5) is 0 Å². The minimum absolute atomic E-state index is 0.438. The van der Waals surface area contributed by atoms with Crippen molar-refractivity contribution in [2.45, 2.75) is 50.5 Å². The average Bonchev–Trinajstić information content (AvgIpc) is 2.40. The Hall–Kier alpha value is -0.500. The third-order valence-corrected chi connectivity index (χ3v) is 4.40. The van der Waals surface area contributed by atoms with Gasteiger partial charge in [0.2, 0.25) is 0 Å². The molecule has 0 spiro atoms. The van der Waals surface area contributed by atoms with Gasteiger partial charge in [0.1, 0.15) is 5.75 Å². The summed E-state index contributed by atoms with van der Waals surface area (Å²) < 4.78 is 6.03. The topological polar surface area (TPSA) is 9.23 Å². The second-order valence-electron chi connectivity index (χ2n) is 4.95. The first kappa shape index (κ1) is 12.9. The molecule has 0 N–H and O–H groups in total. The molecule has 0 amide bonds. The van der Waals surface area contributed by atoms with Crippen molar-refractivity contribution in [3.8, 4) is 5.75 Å². The summed E-state index contributed by atoms with van der Waals surface area (Å²) in [6.07, 6.45) is 6.87. The number of rotatable bonds is 4. The Morgan fingerprint density at radius 3 is 2.29 bits per heavy atom. The minimum Gasteiger partial charge on any atom is -0.490 e. The Bertz CT molecular complexity index is 325. The van der Waals surface area contributed by atoms with Crippen molar-refractivity contribution < 1.29 is 4.74 Å². The van der Waals surface area contributed by atoms with Crippen molar-refractivity contribution in [2.75, 3.05) is 0 Å². The van der Waals surface area contributed by atoms with Crippen molar-refractivity contribution in [2.24, 2.45) is 5.92 Å². The third kappa shape index (κ3) is 3.74. The standard InChI is InChI=1S/C15H21BrO/c1-2-12-3-7-14(8-4-12)17-15-9-5-13(11-16)6-10-15/h5-6,9-10,12,14H,2-4,7-8,11H2,1H3. The van der Waals surface area contributed by atoms with Gasteiger partial charge in [0.15, 0.2) is 0 Å². The molecule has 1 fully saturated rings.